The maximum absolute atomic E-state index is 11.5. The maximum atomic E-state index is 11.5. The van der Waals surface area contributed by atoms with Gasteiger partial charge in [-0.25, -0.2) is 4.79 Å². The van der Waals surface area contributed by atoms with Crippen LogP contribution in [-0.2, 0) is 11.5 Å². The van der Waals surface area contributed by atoms with Crippen LogP contribution in [-0.4, -0.2) is 20.4 Å². The van der Waals surface area contributed by atoms with E-state index in [1.807, 2.05) is 6.92 Å². The van der Waals surface area contributed by atoms with E-state index in [9.17, 15) is 9.59 Å². The van der Waals surface area contributed by atoms with Crippen molar-refractivity contribution in [3.8, 4) is 0 Å². The molecule has 1 aromatic heterocycles. The lowest BCUT2D eigenvalue weighted by Crippen LogP contribution is -2.37. The number of nitrogens with one attached hydrogen (secondary N) is 1. The molecule has 1 atom stereocenters. The molecule has 1 aliphatic rings. The summed E-state index contributed by atoms with van der Waals surface area (Å²) in [6.45, 7) is 1.53. The van der Waals surface area contributed by atoms with Crippen LogP contribution in [0.15, 0.2) is 4.79 Å². The molecule has 1 unspecified atom stereocenters. The van der Waals surface area contributed by atoms with Gasteiger partial charge in [-0.15, -0.1) is 0 Å². The Bertz CT molecular complexity index is 564. The predicted molar refractivity (Wildman–Crippen MR) is 54.2 cm³/mol. The number of Topliss-reactive ketones (excluding diaryl/α,β-unsaturated/α-hetero) is 1. The quantitative estimate of drug-likeness (QED) is 0.608. The Morgan fingerprint density at radius 3 is 2.87 bits per heavy atom. The Morgan fingerprint density at radius 2 is 2.27 bits per heavy atom. The van der Waals surface area contributed by atoms with Crippen LogP contribution >= 0.6 is 0 Å². The standard InChI is InChI=1S/C10H12N2O3/c1-2-6-3-8-7(4-9(6)14)11-10(15)12(8)5-13/h3-4,6,13H,2,5H2,1H3,(H,11,15). The molecule has 0 aromatic carbocycles. The van der Waals surface area contributed by atoms with E-state index in [4.69, 9.17) is 5.11 Å². The zero-order valence-electron chi connectivity index (χ0n) is 8.36. The number of aromatic nitrogens is 2. The van der Waals surface area contributed by atoms with Crippen LogP contribution in [0.1, 0.15) is 13.3 Å². The summed E-state index contributed by atoms with van der Waals surface area (Å²) in [6, 6.07) is 0. The summed E-state index contributed by atoms with van der Waals surface area (Å²) in [5, 5.41) is 10.1. The number of hydrogen-bond donors (Lipinski definition) is 2. The van der Waals surface area contributed by atoms with Gasteiger partial charge in [0, 0.05) is 12.0 Å². The average Bonchev–Trinajstić information content (AvgIpc) is 2.51. The molecule has 0 fully saturated rings. The van der Waals surface area contributed by atoms with Crippen LogP contribution in [0.25, 0.3) is 12.2 Å². The number of hydrogen-bond acceptors (Lipinski definition) is 3. The highest BCUT2D eigenvalue weighted by atomic mass is 16.3. The van der Waals surface area contributed by atoms with E-state index in [1.165, 1.54) is 10.6 Å². The Hall–Kier alpha value is -1.62. The van der Waals surface area contributed by atoms with Crippen molar-refractivity contribution in [3.05, 3.63) is 21.2 Å². The molecule has 0 amide bonds. The minimum absolute atomic E-state index is 0.00339. The SMILES string of the molecule is CCC1C=c2c([nH]c(=O)n2CO)=CC1=O. The summed E-state index contributed by atoms with van der Waals surface area (Å²) in [6.07, 6.45) is 3.85. The lowest BCUT2D eigenvalue weighted by molar-refractivity contribution is -0.115. The second kappa shape index (κ2) is 3.51. The van der Waals surface area contributed by atoms with E-state index >= 15 is 0 Å². The van der Waals surface area contributed by atoms with Crippen LogP contribution in [0.3, 0.4) is 0 Å². The topological polar surface area (TPSA) is 75.1 Å². The van der Waals surface area contributed by atoms with Crippen LogP contribution in [0, 0.1) is 5.92 Å². The number of aliphatic hydroxyl groups is 1. The number of rotatable bonds is 2. The van der Waals surface area contributed by atoms with E-state index in [0.29, 0.717) is 17.1 Å². The zero-order valence-corrected chi connectivity index (χ0v) is 8.36. The number of ketones is 1. The largest absolute Gasteiger partial charge is 0.376 e. The van der Waals surface area contributed by atoms with Gasteiger partial charge in [-0.2, -0.15) is 0 Å². The van der Waals surface area contributed by atoms with Crippen molar-refractivity contribution in [3.63, 3.8) is 0 Å². The minimum atomic E-state index is -0.389. The fourth-order valence-electron chi connectivity index (χ4n) is 1.77. The van der Waals surface area contributed by atoms with Crippen molar-refractivity contribution < 1.29 is 9.90 Å². The summed E-state index contributed by atoms with van der Waals surface area (Å²) in [4.78, 5) is 25.4. The van der Waals surface area contributed by atoms with Crippen LogP contribution < -0.4 is 16.4 Å². The Labute approximate surface area is 85.4 Å². The summed E-state index contributed by atoms with van der Waals surface area (Å²) in [5.41, 5.74) is -0.389. The fourth-order valence-corrected chi connectivity index (χ4v) is 1.77. The molecule has 1 aromatic rings. The van der Waals surface area contributed by atoms with Gasteiger partial charge in [0.1, 0.15) is 6.73 Å². The van der Waals surface area contributed by atoms with Gasteiger partial charge in [0.05, 0.1) is 10.7 Å². The predicted octanol–water partition coefficient (Wildman–Crippen LogP) is -1.70. The first-order chi connectivity index (χ1) is 7.17. The molecule has 1 heterocycles. The van der Waals surface area contributed by atoms with Gasteiger partial charge < -0.3 is 10.1 Å². The lowest BCUT2D eigenvalue weighted by Gasteiger charge is -2.08. The molecule has 0 saturated heterocycles. The highest BCUT2D eigenvalue weighted by Crippen LogP contribution is 2.07. The van der Waals surface area contributed by atoms with Crippen LogP contribution in [0.5, 0.6) is 0 Å². The monoisotopic (exact) mass is 208 g/mol. The molecule has 2 N–H and O–H groups in total. The number of H-pyrrole nitrogens is 1. The Balaban J connectivity index is 2.77. The van der Waals surface area contributed by atoms with Gasteiger partial charge >= 0.3 is 5.69 Å². The molecule has 2 rings (SSSR count). The minimum Gasteiger partial charge on any atom is -0.376 e. The van der Waals surface area contributed by atoms with Crippen molar-refractivity contribution >= 4 is 17.9 Å². The van der Waals surface area contributed by atoms with Gasteiger partial charge in [0.2, 0.25) is 0 Å². The summed E-state index contributed by atoms with van der Waals surface area (Å²) in [5.74, 6) is -0.193. The molecule has 0 bridgehead atoms. The van der Waals surface area contributed by atoms with Crippen LogP contribution in [0.2, 0.25) is 0 Å². The number of carbonyl (C=O) groups excluding carboxylic acids is 1. The van der Waals surface area contributed by atoms with E-state index in [0.717, 1.165) is 0 Å². The Kier molecular flexibility index (Phi) is 2.32. The normalized spacial score (nSPS) is 19.3. The van der Waals surface area contributed by atoms with Crippen LogP contribution in [0.4, 0.5) is 0 Å². The van der Waals surface area contributed by atoms with Crippen molar-refractivity contribution in [1.82, 2.24) is 9.55 Å². The van der Waals surface area contributed by atoms with Crippen molar-refractivity contribution in [2.45, 2.75) is 20.1 Å². The average molecular weight is 208 g/mol. The number of imidazole rings is 1. The zero-order chi connectivity index (χ0) is 11.0. The second-order valence-electron chi connectivity index (χ2n) is 3.53. The Morgan fingerprint density at radius 1 is 1.53 bits per heavy atom. The number of nitrogens with zero attached hydrogens (tertiary/aromatic N) is 1. The molecular weight excluding hydrogens is 196 g/mol. The van der Waals surface area contributed by atoms with E-state index in [-0.39, 0.29) is 24.1 Å². The number of aliphatic hydroxyl groups excluding tert-OH is 1. The molecule has 5 nitrogen and oxygen atoms in total. The molecule has 0 aliphatic heterocycles. The summed E-state index contributed by atoms with van der Waals surface area (Å²) >= 11 is 0. The maximum Gasteiger partial charge on any atom is 0.328 e. The van der Waals surface area contributed by atoms with E-state index in [1.54, 1.807) is 6.08 Å². The first-order valence-electron chi connectivity index (χ1n) is 4.84. The molecule has 5 heteroatoms. The van der Waals surface area contributed by atoms with Gasteiger partial charge in [0.25, 0.3) is 0 Å². The molecule has 0 radical (unpaired) electrons. The van der Waals surface area contributed by atoms with E-state index < -0.39 is 0 Å². The first kappa shape index (κ1) is 9.92. The molecule has 15 heavy (non-hydrogen) atoms. The molecule has 0 spiro atoms. The summed E-state index contributed by atoms with van der Waals surface area (Å²) < 4.78 is 1.21. The van der Waals surface area contributed by atoms with Gasteiger partial charge in [0.15, 0.2) is 5.78 Å². The third kappa shape index (κ3) is 1.45. The van der Waals surface area contributed by atoms with Crippen molar-refractivity contribution in [2.24, 2.45) is 5.92 Å². The highest BCUT2D eigenvalue weighted by Gasteiger charge is 2.17. The van der Waals surface area contributed by atoms with Crippen molar-refractivity contribution in [2.75, 3.05) is 0 Å². The molecule has 1 aliphatic carbocycles. The summed E-state index contributed by atoms with van der Waals surface area (Å²) in [7, 11) is 0. The number of aromatic amines is 1. The molecule has 0 saturated carbocycles. The third-order valence-corrected chi connectivity index (χ3v) is 2.65. The number of carbonyl (C=O) groups is 1. The second-order valence-corrected chi connectivity index (χ2v) is 3.53. The smallest absolute Gasteiger partial charge is 0.328 e. The first-order valence-corrected chi connectivity index (χ1v) is 4.84. The fraction of sp³-hybridized carbons (Fsp3) is 0.400. The van der Waals surface area contributed by atoms with Crippen molar-refractivity contribution in [1.29, 1.82) is 0 Å². The highest BCUT2D eigenvalue weighted by molar-refractivity contribution is 6.10. The van der Waals surface area contributed by atoms with Gasteiger partial charge in [-0.05, 0) is 12.5 Å². The molecular formula is C10H12N2O3. The van der Waals surface area contributed by atoms with E-state index in [2.05, 4.69) is 4.98 Å². The van der Waals surface area contributed by atoms with Gasteiger partial charge in [-0.1, -0.05) is 6.92 Å². The third-order valence-electron chi connectivity index (χ3n) is 2.65. The lowest BCUT2D eigenvalue weighted by atomic mass is 9.97. The molecule has 80 valence electrons. The van der Waals surface area contributed by atoms with Gasteiger partial charge in [-0.3, -0.25) is 9.36 Å². The number of fused-ring (bicyclic) bond motifs is 1.